The summed E-state index contributed by atoms with van der Waals surface area (Å²) in [4.78, 5) is 2.40. The van der Waals surface area contributed by atoms with Crippen molar-refractivity contribution in [1.29, 1.82) is 0 Å². The van der Waals surface area contributed by atoms with Crippen molar-refractivity contribution in [3.05, 3.63) is 143 Å². The zero-order valence-corrected chi connectivity index (χ0v) is 26.1. The molecule has 4 aliphatic rings. The lowest BCUT2D eigenvalue weighted by Gasteiger charge is -2.29. The van der Waals surface area contributed by atoms with Crippen LogP contribution in [-0.4, -0.2) is 4.57 Å². The van der Waals surface area contributed by atoms with E-state index in [4.69, 9.17) is 4.42 Å². The zero-order chi connectivity index (χ0) is 30.6. The van der Waals surface area contributed by atoms with E-state index in [1.807, 2.05) is 6.08 Å². The SMILES string of the molecule is FC1=CC=C(n2c3c(c4ccccc42)CC(c2ccc(N(C4=CCC=C=C4)c4cccc5oc6c(c45)CCCC6)cc2)CC3)CC1. The number of benzene rings is 3. The summed E-state index contributed by atoms with van der Waals surface area (Å²) >= 11 is 0. The van der Waals surface area contributed by atoms with Gasteiger partial charge in [0, 0.05) is 52.3 Å². The van der Waals surface area contributed by atoms with Crippen molar-refractivity contribution in [2.24, 2.45) is 0 Å². The van der Waals surface area contributed by atoms with Crippen LogP contribution in [0.5, 0.6) is 0 Å². The molecule has 3 nitrogen and oxygen atoms in total. The predicted octanol–water partition coefficient (Wildman–Crippen LogP) is 11.2. The molecule has 9 rings (SSSR count). The van der Waals surface area contributed by atoms with Gasteiger partial charge in [-0.25, -0.2) is 4.39 Å². The van der Waals surface area contributed by atoms with E-state index in [0.29, 0.717) is 12.3 Å². The maximum absolute atomic E-state index is 13.9. The number of anilines is 2. The standard InChI is InChI=1S/C42H37FN2O/c43-30-20-24-33(25-21-30)45-37-13-6-4-11-34(37)36-27-29(19-26-38(36)45)28-17-22-32(23-18-28)44(31-9-2-1-3-10-31)39-14-8-16-41-42(39)35-12-5-7-15-40(35)46-41/h1,4,6,8-11,13-14,16-18,20,22-24,29H,2,5,7,12,15,19,21,25-27H2. The molecule has 0 aliphatic heterocycles. The fourth-order valence-corrected chi connectivity index (χ4v) is 8.32. The minimum absolute atomic E-state index is 0.0239. The van der Waals surface area contributed by atoms with E-state index < -0.39 is 0 Å². The number of hydrogen-bond donors (Lipinski definition) is 0. The highest BCUT2D eigenvalue weighted by Gasteiger charge is 2.29. The highest BCUT2D eigenvalue weighted by Crippen LogP contribution is 2.44. The van der Waals surface area contributed by atoms with Crippen molar-refractivity contribution < 1.29 is 8.81 Å². The van der Waals surface area contributed by atoms with Gasteiger partial charge in [0.2, 0.25) is 0 Å². The van der Waals surface area contributed by atoms with Crippen LogP contribution in [0, 0.1) is 0 Å². The molecule has 0 bridgehead atoms. The lowest BCUT2D eigenvalue weighted by Crippen LogP contribution is -2.17. The van der Waals surface area contributed by atoms with Gasteiger partial charge in [-0.1, -0.05) is 42.5 Å². The van der Waals surface area contributed by atoms with Crippen LogP contribution >= 0.6 is 0 Å². The Balaban J connectivity index is 1.08. The minimum Gasteiger partial charge on any atom is -0.461 e. The number of halogens is 1. The Morgan fingerprint density at radius 2 is 1.74 bits per heavy atom. The van der Waals surface area contributed by atoms with Gasteiger partial charge in [0.15, 0.2) is 0 Å². The molecule has 1 unspecified atom stereocenters. The summed E-state index contributed by atoms with van der Waals surface area (Å²) in [5, 5.41) is 2.59. The lowest BCUT2D eigenvalue weighted by molar-refractivity contribution is 0.506. The third-order valence-corrected chi connectivity index (χ3v) is 10.5. The summed E-state index contributed by atoms with van der Waals surface area (Å²) in [5.74, 6) is 1.59. The first-order chi connectivity index (χ1) is 22.7. The Bertz CT molecular complexity index is 2160. The number of aryl methyl sites for hydroxylation is 2. The quantitative estimate of drug-likeness (QED) is 0.186. The van der Waals surface area contributed by atoms with Crippen LogP contribution < -0.4 is 4.90 Å². The third kappa shape index (κ3) is 4.55. The van der Waals surface area contributed by atoms with Crippen molar-refractivity contribution in [3.63, 3.8) is 0 Å². The molecule has 4 aliphatic carbocycles. The fraction of sp³-hybridized carbons (Fsp3) is 0.262. The molecular weight excluding hydrogens is 567 g/mol. The number of furan rings is 1. The number of allylic oxidation sites excluding steroid dienone is 6. The van der Waals surface area contributed by atoms with Crippen LogP contribution in [0.15, 0.2) is 119 Å². The van der Waals surface area contributed by atoms with Gasteiger partial charge in [-0.15, -0.1) is 5.73 Å². The number of hydrogen-bond acceptors (Lipinski definition) is 2. The average molecular weight is 605 g/mol. The van der Waals surface area contributed by atoms with E-state index in [9.17, 15) is 4.39 Å². The highest BCUT2D eigenvalue weighted by molar-refractivity contribution is 5.98. The summed E-state index contributed by atoms with van der Waals surface area (Å²) in [6.07, 6.45) is 19.9. The molecule has 0 radical (unpaired) electrons. The normalized spacial score (nSPS) is 19.1. The van der Waals surface area contributed by atoms with Gasteiger partial charge in [-0.3, -0.25) is 0 Å². The predicted molar refractivity (Wildman–Crippen MR) is 186 cm³/mol. The molecule has 2 heterocycles. The Labute approximate surface area is 269 Å². The first kappa shape index (κ1) is 27.5. The second-order valence-corrected chi connectivity index (χ2v) is 13.2. The first-order valence-corrected chi connectivity index (χ1v) is 16.9. The number of para-hydroxylation sites is 1. The summed E-state index contributed by atoms with van der Waals surface area (Å²) < 4.78 is 22.7. The van der Waals surface area contributed by atoms with Crippen LogP contribution in [-0.2, 0) is 25.7 Å². The molecule has 5 aromatic rings. The summed E-state index contributed by atoms with van der Waals surface area (Å²) in [6.45, 7) is 0. The highest BCUT2D eigenvalue weighted by atomic mass is 19.1. The average Bonchev–Trinajstić information content (AvgIpc) is 3.66. The molecule has 46 heavy (non-hydrogen) atoms. The molecule has 0 N–H and O–H groups in total. The molecule has 0 spiro atoms. The van der Waals surface area contributed by atoms with Crippen LogP contribution in [0.3, 0.4) is 0 Å². The molecule has 0 fully saturated rings. The maximum Gasteiger partial charge on any atom is 0.136 e. The summed E-state index contributed by atoms with van der Waals surface area (Å²) in [6, 6.07) is 24.6. The van der Waals surface area contributed by atoms with Crippen molar-refractivity contribution in [3.8, 4) is 0 Å². The number of fused-ring (bicyclic) bond motifs is 6. The maximum atomic E-state index is 13.9. The molecule has 4 heteroatoms. The largest absolute Gasteiger partial charge is 0.461 e. The van der Waals surface area contributed by atoms with Gasteiger partial charge in [-0.05, 0) is 117 Å². The Kier molecular flexibility index (Phi) is 6.71. The van der Waals surface area contributed by atoms with Crippen molar-refractivity contribution in [2.45, 2.75) is 70.1 Å². The van der Waals surface area contributed by atoms with Crippen molar-refractivity contribution >= 4 is 38.9 Å². The lowest BCUT2D eigenvalue weighted by atomic mass is 9.82. The minimum atomic E-state index is -0.0239. The van der Waals surface area contributed by atoms with Gasteiger partial charge in [0.25, 0.3) is 0 Å². The fourth-order valence-electron chi connectivity index (χ4n) is 8.32. The van der Waals surface area contributed by atoms with Crippen molar-refractivity contribution in [1.82, 2.24) is 4.57 Å². The van der Waals surface area contributed by atoms with E-state index in [-0.39, 0.29) is 5.83 Å². The van der Waals surface area contributed by atoms with Crippen LogP contribution in [0.4, 0.5) is 15.8 Å². The molecule has 2 aromatic heterocycles. The molecule has 0 saturated heterocycles. The van der Waals surface area contributed by atoms with E-state index in [1.165, 1.54) is 68.7 Å². The number of rotatable bonds is 5. The monoisotopic (exact) mass is 604 g/mol. The number of nitrogens with zero attached hydrogens (tertiary/aromatic N) is 2. The van der Waals surface area contributed by atoms with Crippen LogP contribution in [0.2, 0.25) is 0 Å². The summed E-state index contributed by atoms with van der Waals surface area (Å²) in [5.41, 5.74) is 15.9. The van der Waals surface area contributed by atoms with Crippen LogP contribution in [0.1, 0.15) is 72.6 Å². The second kappa shape index (κ2) is 11.2. The van der Waals surface area contributed by atoms with Gasteiger partial charge in [-0.2, -0.15) is 0 Å². The molecule has 0 saturated carbocycles. The number of aromatic nitrogens is 1. The third-order valence-electron chi connectivity index (χ3n) is 10.5. The van der Waals surface area contributed by atoms with Gasteiger partial charge in [0.05, 0.1) is 16.9 Å². The van der Waals surface area contributed by atoms with E-state index in [1.54, 1.807) is 6.08 Å². The Morgan fingerprint density at radius 3 is 2.59 bits per heavy atom. The smallest absolute Gasteiger partial charge is 0.136 e. The van der Waals surface area contributed by atoms with Gasteiger partial charge < -0.3 is 13.9 Å². The first-order valence-electron chi connectivity index (χ1n) is 16.9. The van der Waals surface area contributed by atoms with E-state index in [0.717, 1.165) is 61.9 Å². The molecule has 1 atom stereocenters. The van der Waals surface area contributed by atoms with Crippen LogP contribution in [0.25, 0.3) is 27.6 Å². The Morgan fingerprint density at radius 1 is 0.848 bits per heavy atom. The molecule has 228 valence electrons. The molecule has 3 aromatic carbocycles. The Hall–Kier alpha value is -4.79. The second-order valence-electron chi connectivity index (χ2n) is 13.2. The van der Waals surface area contributed by atoms with E-state index in [2.05, 4.69) is 100 Å². The van der Waals surface area contributed by atoms with Gasteiger partial charge >= 0.3 is 0 Å². The topological polar surface area (TPSA) is 21.3 Å². The molecule has 0 amide bonds. The van der Waals surface area contributed by atoms with E-state index >= 15 is 0 Å². The summed E-state index contributed by atoms with van der Waals surface area (Å²) in [7, 11) is 0. The van der Waals surface area contributed by atoms with Crippen molar-refractivity contribution in [2.75, 3.05) is 4.90 Å². The molecular formula is C42H37FN2O. The van der Waals surface area contributed by atoms with Gasteiger partial charge in [0.1, 0.15) is 17.2 Å². The zero-order valence-electron chi connectivity index (χ0n) is 26.1.